The summed E-state index contributed by atoms with van der Waals surface area (Å²) in [6.07, 6.45) is 0. The summed E-state index contributed by atoms with van der Waals surface area (Å²) in [4.78, 5) is 15.5. The lowest BCUT2D eigenvalue weighted by Gasteiger charge is -2.19. The van der Waals surface area contributed by atoms with E-state index >= 15 is 0 Å². The fourth-order valence-corrected chi connectivity index (χ4v) is 10.5. The van der Waals surface area contributed by atoms with Crippen molar-refractivity contribution in [2.24, 2.45) is 0 Å². The van der Waals surface area contributed by atoms with E-state index in [1.165, 1.54) is 0 Å². The van der Waals surface area contributed by atoms with E-state index < -0.39 is 109 Å². The Morgan fingerprint density at radius 2 is 0.812 bits per heavy atom. The molecule has 0 saturated carbocycles. The molecular weight excluding hydrogens is 801 g/mol. The van der Waals surface area contributed by atoms with Crippen LogP contribution in [-0.4, -0.2) is 28.7 Å². The summed E-state index contributed by atoms with van der Waals surface area (Å²) >= 11 is 1.57. The number of rotatable bonds is 5. The Balaban J connectivity index is 1.25. The molecular formula is C57H34N6S. The van der Waals surface area contributed by atoms with Crippen LogP contribution in [0.1, 0.15) is 21.9 Å². The Kier molecular flexibility index (Phi) is 4.91. The van der Waals surface area contributed by atoms with Gasteiger partial charge in [0.05, 0.1) is 66.3 Å². The molecule has 0 fully saturated rings. The molecule has 5 aromatic heterocycles. The number of nitrogens with zero attached hydrogens (tertiary/aromatic N) is 6. The van der Waals surface area contributed by atoms with Crippen molar-refractivity contribution in [2.45, 2.75) is 0 Å². The van der Waals surface area contributed by atoms with E-state index in [4.69, 9.17) is 25.9 Å². The second-order valence-corrected chi connectivity index (χ2v) is 16.2. The number of para-hydroxylation sites is 6. The molecule has 9 aromatic carbocycles. The van der Waals surface area contributed by atoms with Gasteiger partial charge in [0.2, 0.25) is 11.9 Å². The maximum absolute atomic E-state index is 9.49. The largest absolute Gasteiger partial charge is 0.308 e. The minimum Gasteiger partial charge on any atom is -0.308 e. The van der Waals surface area contributed by atoms with Gasteiger partial charge in [-0.3, -0.25) is 9.13 Å². The molecule has 6 nitrogen and oxygen atoms in total. The standard InChI is InChI=1S/C57H34N6S/c1-8-27-45-35(17-1)36-18-2-9-28-46(36)61(45)51-33-16-24-42(44-26-15-25-43-41-23-7-14-34-52(41)64-54(43)44)53(51)55-58-56(62-47-29-10-3-19-37(47)38-20-4-11-30-48(38)62)60-57(59-55)63-49-31-12-5-21-39(49)40-22-6-13-32-50(40)63/h1-34H/i3D,4D,5D,6D,10D,11D,12D,13D,19D,20D,21D,22D,29D,30D,31D,32D. The van der Waals surface area contributed by atoms with Crippen LogP contribution < -0.4 is 0 Å². The third-order valence-corrected chi connectivity index (χ3v) is 13.1. The molecule has 0 aliphatic rings. The predicted octanol–water partition coefficient (Wildman–Crippen LogP) is 14.9. The lowest BCUT2D eigenvalue weighted by Crippen LogP contribution is -2.11. The summed E-state index contributed by atoms with van der Waals surface area (Å²) in [6.45, 7) is 0. The van der Waals surface area contributed by atoms with Crippen LogP contribution in [-0.2, 0) is 0 Å². The molecule has 0 bridgehead atoms. The molecule has 298 valence electrons. The highest BCUT2D eigenvalue weighted by Crippen LogP contribution is 2.46. The van der Waals surface area contributed by atoms with E-state index in [2.05, 4.69) is 4.57 Å². The molecule has 7 heteroatoms. The van der Waals surface area contributed by atoms with Crippen molar-refractivity contribution >= 4 is 96.9 Å². The number of aromatic nitrogens is 6. The zero-order valence-corrected chi connectivity index (χ0v) is 33.8. The van der Waals surface area contributed by atoms with Crippen LogP contribution in [0.2, 0.25) is 0 Å². The van der Waals surface area contributed by atoms with E-state index in [1.807, 2.05) is 109 Å². The number of fused-ring (bicyclic) bond motifs is 12. The van der Waals surface area contributed by atoms with Gasteiger partial charge in [-0.1, -0.05) is 157 Å². The van der Waals surface area contributed by atoms with E-state index in [0.717, 1.165) is 56.7 Å². The summed E-state index contributed by atoms with van der Waals surface area (Å²) in [5.74, 6) is -1.14. The van der Waals surface area contributed by atoms with E-state index in [-0.39, 0.29) is 49.4 Å². The first-order chi connectivity index (χ1) is 38.4. The van der Waals surface area contributed by atoms with Gasteiger partial charge in [0.1, 0.15) is 0 Å². The molecule has 0 aliphatic heterocycles. The predicted molar refractivity (Wildman–Crippen MR) is 267 cm³/mol. The number of hydrogen-bond donors (Lipinski definition) is 0. The van der Waals surface area contributed by atoms with Crippen molar-refractivity contribution < 1.29 is 21.9 Å². The monoisotopic (exact) mass is 850 g/mol. The lowest BCUT2D eigenvalue weighted by molar-refractivity contribution is 0.892. The molecule has 14 rings (SSSR count). The summed E-state index contributed by atoms with van der Waals surface area (Å²) in [5, 5.41) is 2.69. The fourth-order valence-electron chi connectivity index (χ4n) is 9.23. The van der Waals surface area contributed by atoms with Gasteiger partial charge in [0, 0.05) is 58.1 Å². The van der Waals surface area contributed by atoms with Gasteiger partial charge in [-0.2, -0.15) is 15.0 Å². The third kappa shape index (κ3) is 4.98. The van der Waals surface area contributed by atoms with Crippen molar-refractivity contribution in [1.29, 1.82) is 0 Å². The Morgan fingerprint density at radius 1 is 0.359 bits per heavy atom. The SMILES string of the molecule is [2H]c1c([2H])c([2H])c2c(c1[2H])c1c([2H])c([2H])c([2H])c([2H])c1n2-c1nc(-c2c(-c3cccc4c3sc3ccccc34)cccc2-n2c3ccccc3c3ccccc32)nc(-n2c3c([2H])c([2H])c([2H])c([2H])c3c3c([2H])c([2H])c([2H])c([2H])c32)n1. The lowest BCUT2D eigenvalue weighted by atomic mass is 9.95. The van der Waals surface area contributed by atoms with Crippen LogP contribution in [0.15, 0.2) is 206 Å². The van der Waals surface area contributed by atoms with E-state index in [1.54, 1.807) is 11.3 Å². The van der Waals surface area contributed by atoms with Crippen LogP contribution in [0.25, 0.3) is 126 Å². The second-order valence-electron chi connectivity index (χ2n) is 15.2. The first-order valence-corrected chi connectivity index (χ1v) is 21.0. The molecule has 0 amide bonds. The third-order valence-electron chi connectivity index (χ3n) is 11.9. The topological polar surface area (TPSA) is 53.5 Å². The van der Waals surface area contributed by atoms with Crippen LogP contribution in [0.5, 0.6) is 0 Å². The Labute approximate surface area is 392 Å². The van der Waals surface area contributed by atoms with Gasteiger partial charge in [-0.25, -0.2) is 0 Å². The summed E-state index contributed by atoms with van der Waals surface area (Å²) in [5.41, 5.74) is 2.39. The first-order valence-electron chi connectivity index (χ1n) is 28.2. The highest BCUT2D eigenvalue weighted by atomic mass is 32.1. The summed E-state index contributed by atoms with van der Waals surface area (Å²) < 4.78 is 152. The molecule has 0 N–H and O–H groups in total. The number of benzene rings is 9. The zero-order chi connectivity index (χ0) is 55.8. The van der Waals surface area contributed by atoms with Crippen LogP contribution >= 0.6 is 11.3 Å². The van der Waals surface area contributed by atoms with Gasteiger partial charge in [-0.05, 0) is 54.0 Å². The molecule has 5 heterocycles. The van der Waals surface area contributed by atoms with Crippen LogP contribution in [0.4, 0.5) is 0 Å². The minimum absolute atomic E-state index is 0.163. The summed E-state index contributed by atoms with van der Waals surface area (Å²) in [6, 6.07) is 24.7. The highest BCUT2D eigenvalue weighted by Gasteiger charge is 2.26. The van der Waals surface area contributed by atoms with Gasteiger partial charge in [0.15, 0.2) is 5.82 Å². The highest BCUT2D eigenvalue weighted by molar-refractivity contribution is 7.26. The molecule has 0 unspecified atom stereocenters. The van der Waals surface area contributed by atoms with Crippen molar-refractivity contribution in [3.05, 3.63) is 206 Å². The zero-order valence-electron chi connectivity index (χ0n) is 49.0. The van der Waals surface area contributed by atoms with E-state index in [9.17, 15) is 11.0 Å². The molecule has 0 atom stereocenters. The molecule has 0 aliphatic carbocycles. The van der Waals surface area contributed by atoms with Crippen molar-refractivity contribution in [1.82, 2.24) is 28.7 Å². The Hall–Kier alpha value is -8.39. The van der Waals surface area contributed by atoms with Gasteiger partial charge >= 0.3 is 0 Å². The number of hydrogen-bond acceptors (Lipinski definition) is 4. The minimum atomic E-state index is -0.707. The van der Waals surface area contributed by atoms with Gasteiger partial charge < -0.3 is 4.57 Å². The average molecular weight is 851 g/mol. The molecule has 0 saturated heterocycles. The quantitative estimate of drug-likeness (QED) is 0.173. The molecule has 14 aromatic rings. The first kappa shape index (κ1) is 23.2. The summed E-state index contributed by atoms with van der Waals surface area (Å²) in [7, 11) is 0. The normalized spacial score (nSPS) is 15.6. The van der Waals surface area contributed by atoms with Crippen molar-refractivity contribution in [2.75, 3.05) is 0 Å². The van der Waals surface area contributed by atoms with Crippen molar-refractivity contribution in [3.8, 4) is 40.1 Å². The van der Waals surface area contributed by atoms with Crippen molar-refractivity contribution in [3.63, 3.8) is 0 Å². The van der Waals surface area contributed by atoms with Gasteiger partial charge in [-0.15, -0.1) is 11.3 Å². The van der Waals surface area contributed by atoms with Crippen LogP contribution in [0.3, 0.4) is 0 Å². The molecule has 0 radical (unpaired) electrons. The maximum Gasteiger partial charge on any atom is 0.240 e. The Morgan fingerprint density at radius 3 is 1.38 bits per heavy atom. The molecule has 0 spiro atoms. The smallest absolute Gasteiger partial charge is 0.240 e. The molecule has 64 heavy (non-hydrogen) atoms. The van der Waals surface area contributed by atoms with Crippen LogP contribution in [0, 0.1) is 0 Å². The second kappa shape index (κ2) is 13.6. The van der Waals surface area contributed by atoms with Gasteiger partial charge in [0.25, 0.3) is 0 Å². The van der Waals surface area contributed by atoms with E-state index in [0.29, 0.717) is 16.8 Å². The number of thiophene rings is 1. The average Bonchev–Trinajstić information content (AvgIpc) is 3.72. The fraction of sp³-hybridized carbons (Fsp3) is 0. The Bertz CT molecular complexity index is 4790. The maximum atomic E-state index is 9.49.